The highest BCUT2D eigenvalue weighted by atomic mass is 14.9. The lowest BCUT2D eigenvalue weighted by Gasteiger charge is -2.26. The van der Waals surface area contributed by atoms with Gasteiger partial charge in [-0.3, -0.25) is 0 Å². The standard InChI is InChI=1S/C53H40N2/c1-53(2)48-19-10-9-18-46(48)47-29-28-44(33-49(47)53)41-17-11-16-40(30-41)43-27-23-36-22-26-42(31-45(36)32-43)35-20-24-39(25-21-35)52-54-50(37-12-5-3-6-13-37)34-51(55-52)38-14-7-4-8-15-38/h3-9,11-18,20-34H,10,19H2,1-2H3. The number of fused-ring (bicyclic) bond motifs is 3. The third-order valence-electron chi connectivity index (χ3n) is 11.6. The van der Waals surface area contributed by atoms with E-state index >= 15 is 0 Å². The van der Waals surface area contributed by atoms with Crippen LogP contribution in [0.5, 0.6) is 0 Å². The van der Waals surface area contributed by atoms with Crippen molar-refractivity contribution in [2.45, 2.75) is 32.1 Å². The number of benzene rings is 7. The Kier molecular flexibility index (Phi) is 7.99. The summed E-state index contributed by atoms with van der Waals surface area (Å²) in [6, 6.07) is 61.1. The lowest BCUT2D eigenvalue weighted by atomic mass is 9.78. The largest absolute Gasteiger partial charge is 0.228 e. The molecule has 0 radical (unpaired) electrons. The van der Waals surface area contributed by atoms with Crippen LogP contribution in [-0.4, -0.2) is 9.97 Å². The average molecular weight is 705 g/mol. The molecular weight excluding hydrogens is 665 g/mol. The van der Waals surface area contributed by atoms with Gasteiger partial charge in [0.25, 0.3) is 0 Å². The Morgan fingerprint density at radius 3 is 1.62 bits per heavy atom. The van der Waals surface area contributed by atoms with E-state index in [-0.39, 0.29) is 5.41 Å². The summed E-state index contributed by atoms with van der Waals surface area (Å²) < 4.78 is 0. The number of aromatic nitrogens is 2. The second kappa shape index (κ2) is 13.3. The van der Waals surface area contributed by atoms with Crippen LogP contribution < -0.4 is 0 Å². The molecule has 0 bridgehead atoms. The van der Waals surface area contributed by atoms with Crippen molar-refractivity contribution in [3.8, 4) is 67.3 Å². The smallest absolute Gasteiger partial charge is 0.160 e. The van der Waals surface area contributed by atoms with Gasteiger partial charge in [-0.25, -0.2) is 9.97 Å². The number of hydrogen-bond donors (Lipinski definition) is 0. The topological polar surface area (TPSA) is 25.8 Å². The molecule has 262 valence electrons. The molecule has 2 heteroatoms. The maximum atomic E-state index is 5.03. The zero-order valence-electron chi connectivity index (χ0n) is 31.1. The van der Waals surface area contributed by atoms with Gasteiger partial charge in [-0.1, -0.05) is 171 Å². The van der Waals surface area contributed by atoms with E-state index in [1.807, 2.05) is 12.1 Å². The van der Waals surface area contributed by atoms with Gasteiger partial charge >= 0.3 is 0 Å². The highest BCUT2D eigenvalue weighted by Crippen LogP contribution is 2.51. The molecule has 55 heavy (non-hydrogen) atoms. The maximum absolute atomic E-state index is 5.03. The number of allylic oxidation sites excluding steroid dienone is 4. The van der Waals surface area contributed by atoms with Crippen molar-refractivity contribution >= 4 is 16.3 Å². The minimum absolute atomic E-state index is 0.0620. The molecule has 0 unspecified atom stereocenters. The summed E-state index contributed by atoms with van der Waals surface area (Å²) in [6.07, 6.45) is 6.96. The predicted molar refractivity (Wildman–Crippen MR) is 230 cm³/mol. The summed E-state index contributed by atoms with van der Waals surface area (Å²) in [6.45, 7) is 4.79. The fraction of sp³-hybridized carbons (Fsp3) is 0.0943. The predicted octanol–water partition coefficient (Wildman–Crippen LogP) is 14.0. The van der Waals surface area contributed by atoms with E-state index in [1.54, 1.807) is 5.57 Å². The summed E-state index contributed by atoms with van der Waals surface area (Å²) in [5.74, 6) is 0.716. The van der Waals surface area contributed by atoms with Crippen LogP contribution in [-0.2, 0) is 5.41 Å². The first-order valence-electron chi connectivity index (χ1n) is 19.3. The highest BCUT2D eigenvalue weighted by Gasteiger charge is 2.37. The van der Waals surface area contributed by atoms with Crippen molar-refractivity contribution < 1.29 is 0 Å². The van der Waals surface area contributed by atoms with Crippen LogP contribution in [0, 0.1) is 0 Å². The first kappa shape index (κ1) is 33.0. The molecule has 8 aromatic rings. The van der Waals surface area contributed by atoms with Gasteiger partial charge in [0.15, 0.2) is 5.82 Å². The molecule has 7 aromatic carbocycles. The van der Waals surface area contributed by atoms with E-state index in [4.69, 9.17) is 9.97 Å². The molecule has 0 fully saturated rings. The van der Waals surface area contributed by atoms with E-state index in [0.29, 0.717) is 5.82 Å². The van der Waals surface area contributed by atoms with E-state index in [1.165, 1.54) is 55.3 Å². The van der Waals surface area contributed by atoms with Crippen LogP contribution >= 0.6 is 0 Å². The molecule has 0 saturated carbocycles. The molecule has 0 saturated heterocycles. The van der Waals surface area contributed by atoms with E-state index in [0.717, 1.165) is 46.5 Å². The Hall–Kier alpha value is -6.64. The van der Waals surface area contributed by atoms with Crippen molar-refractivity contribution in [2.24, 2.45) is 0 Å². The Balaban J connectivity index is 0.951. The van der Waals surface area contributed by atoms with Gasteiger partial charge < -0.3 is 0 Å². The molecular formula is C53H40N2. The lowest BCUT2D eigenvalue weighted by Crippen LogP contribution is -2.17. The van der Waals surface area contributed by atoms with E-state index in [2.05, 4.69) is 184 Å². The van der Waals surface area contributed by atoms with E-state index in [9.17, 15) is 0 Å². The fourth-order valence-corrected chi connectivity index (χ4v) is 8.59. The number of nitrogens with zero attached hydrogens (tertiary/aromatic N) is 2. The van der Waals surface area contributed by atoms with E-state index < -0.39 is 0 Å². The van der Waals surface area contributed by atoms with Gasteiger partial charge in [0.05, 0.1) is 11.4 Å². The Morgan fingerprint density at radius 2 is 0.964 bits per heavy atom. The third-order valence-corrected chi connectivity index (χ3v) is 11.6. The second-order valence-corrected chi connectivity index (χ2v) is 15.3. The molecule has 1 heterocycles. The molecule has 0 aliphatic heterocycles. The monoisotopic (exact) mass is 704 g/mol. The number of hydrogen-bond acceptors (Lipinski definition) is 2. The molecule has 0 amide bonds. The SMILES string of the molecule is CC1(C)C2=C(C=CCC2)c2ccc(-c3cccc(-c4ccc5ccc(-c6ccc(-c7nc(-c8ccccc8)cc(-c8ccccc8)n7)cc6)cc5c4)c3)cc21. The van der Waals surface area contributed by atoms with Gasteiger partial charge in [0.1, 0.15) is 0 Å². The summed E-state index contributed by atoms with van der Waals surface area (Å²) in [4.78, 5) is 10.1. The van der Waals surface area contributed by atoms with Gasteiger partial charge in [-0.2, -0.15) is 0 Å². The molecule has 0 atom stereocenters. The zero-order chi connectivity index (χ0) is 36.9. The fourth-order valence-electron chi connectivity index (χ4n) is 8.59. The Morgan fingerprint density at radius 1 is 0.436 bits per heavy atom. The first-order valence-corrected chi connectivity index (χ1v) is 19.3. The summed E-state index contributed by atoms with van der Waals surface area (Å²) in [5.41, 5.74) is 18.2. The third kappa shape index (κ3) is 6.01. The lowest BCUT2D eigenvalue weighted by molar-refractivity contribution is 0.607. The van der Waals surface area contributed by atoms with Crippen molar-refractivity contribution in [2.75, 3.05) is 0 Å². The Labute approximate surface area is 323 Å². The number of rotatable bonds is 6. The summed E-state index contributed by atoms with van der Waals surface area (Å²) >= 11 is 0. The maximum Gasteiger partial charge on any atom is 0.160 e. The Bertz CT molecular complexity index is 2750. The van der Waals surface area contributed by atoms with Crippen molar-refractivity contribution in [1.29, 1.82) is 0 Å². The van der Waals surface area contributed by atoms with Gasteiger partial charge in [-0.05, 0) is 104 Å². The molecule has 1 aromatic heterocycles. The van der Waals surface area contributed by atoms with Gasteiger partial charge in [0.2, 0.25) is 0 Å². The second-order valence-electron chi connectivity index (χ2n) is 15.3. The quantitative estimate of drug-likeness (QED) is 0.172. The van der Waals surface area contributed by atoms with Crippen LogP contribution in [0.25, 0.3) is 83.6 Å². The van der Waals surface area contributed by atoms with Crippen molar-refractivity contribution in [3.05, 3.63) is 199 Å². The van der Waals surface area contributed by atoms with Gasteiger partial charge in [-0.15, -0.1) is 0 Å². The van der Waals surface area contributed by atoms with Crippen molar-refractivity contribution in [3.63, 3.8) is 0 Å². The zero-order valence-corrected chi connectivity index (χ0v) is 31.1. The van der Waals surface area contributed by atoms with Crippen LogP contribution in [0.1, 0.15) is 37.8 Å². The average Bonchev–Trinajstić information content (AvgIpc) is 3.49. The normalized spacial score (nSPS) is 14.2. The van der Waals surface area contributed by atoms with Crippen LogP contribution in [0.15, 0.2) is 188 Å². The molecule has 0 N–H and O–H groups in total. The van der Waals surface area contributed by atoms with Crippen LogP contribution in [0.2, 0.25) is 0 Å². The van der Waals surface area contributed by atoms with Crippen LogP contribution in [0.4, 0.5) is 0 Å². The molecule has 2 aliphatic rings. The molecule has 2 nitrogen and oxygen atoms in total. The van der Waals surface area contributed by atoms with Crippen molar-refractivity contribution in [1.82, 2.24) is 9.97 Å². The molecule has 10 rings (SSSR count). The van der Waals surface area contributed by atoms with Crippen LogP contribution in [0.3, 0.4) is 0 Å². The minimum Gasteiger partial charge on any atom is -0.228 e. The summed E-state index contributed by atoms with van der Waals surface area (Å²) in [7, 11) is 0. The highest BCUT2D eigenvalue weighted by molar-refractivity contribution is 5.92. The summed E-state index contributed by atoms with van der Waals surface area (Å²) in [5, 5.41) is 2.45. The molecule has 2 aliphatic carbocycles. The molecule has 0 spiro atoms. The van der Waals surface area contributed by atoms with Gasteiger partial charge in [0, 0.05) is 22.1 Å². The minimum atomic E-state index is 0.0620. The first-order chi connectivity index (χ1) is 27.0.